The number of carbonyl (C=O) groups excluding carboxylic acids is 1. The number of carbonyl (C=O) groups is 1. The monoisotopic (exact) mass is 471 g/mol. The summed E-state index contributed by atoms with van der Waals surface area (Å²) in [6.45, 7) is 7.14. The number of rotatable bonds is 5. The van der Waals surface area contributed by atoms with Crippen molar-refractivity contribution >= 4 is 5.91 Å². The van der Waals surface area contributed by atoms with Crippen molar-refractivity contribution in [2.45, 2.75) is 31.8 Å². The van der Waals surface area contributed by atoms with E-state index in [9.17, 15) is 13.6 Å². The highest BCUT2D eigenvalue weighted by molar-refractivity contribution is 5.79. The summed E-state index contributed by atoms with van der Waals surface area (Å²) < 4.78 is 38.8. The molecule has 0 radical (unpaired) electrons. The molecular weight excluding hydrogens is 440 g/mol. The van der Waals surface area contributed by atoms with Crippen LogP contribution in [0.1, 0.15) is 43.0 Å². The Balaban J connectivity index is 1.17. The molecule has 0 saturated carbocycles. The van der Waals surface area contributed by atoms with Crippen molar-refractivity contribution in [3.63, 3.8) is 0 Å². The molecule has 3 aliphatic heterocycles. The van der Waals surface area contributed by atoms with Crippen LogP contribution in [0, 0.1) is 11.6 Å². The Morgan fingerprint density at radius 3 is 2.53 bits per heavy atom. The van der Waals surface area contributed by atoms with E-state index in [4.69, 9.17) is 9.47 Å². The number of benzene rings is 2. The van der Waals surface area contributed by atoms with Crippen LogP contribution in [0.2, 0.25) is 0 Å². The number of fused-ring (bicyclic) bond motifs is 1. The SMILES string of the molecule is CC(c1ccc(F)cc1F)N1CCN(CC(=O)N2CCCC2c2ccc3c(c2)OCCO3)CC1. The second-order valence-electron chi connectivity index (χ2n) is 9.30. The molecule has 2 aromatic carbocycles. The smallest absolute Gasteiger partial charge is 0.237 e. The van der Waals surface area contributed by atoms with Crippen molar-refractivity contribution in [1.82, 2.24) is 14.7 Å². The molecule has 2 unspecified atom stereocenters. The molecule has 0 aliphatic carbocycles. The minimum Gasteiger partial charge on any atom is -0.486 e. The van der Waals surface area contributed by atoms with Crippen LogP contribution in [-0.2, 0) is 4.79 Å². The lowest BCUT2D eigenvalue weighted by Crippen LogP contribution is -2.50. The van der Waals surface area contributed by atoms with Gasteiger partial charge in [-0.15, -0.1) is 0 Å². The van der Waals surface area contributed by atoms with Crippen LogP contribution in [0.3, 0.4) is 0 Å². The molecule has 2 saturated heterocycles. The topological polar surface area (TPSA) is 45.2 Å². The summed E-state index contributed by atoms with van der Waals surface area (Å²) in [5.41, 5.74) is 1.60. The number of piperazine rings is 1. The number of ether oxygens (including phenoxy) is 2. The van der Waals surface area contributed by atoms with E-state index in [0.29, 0.717) is 25.3 Å². The van der Waals surface area contributed by atoms with Gasteiger partial charge in [0.2, 0.25) is 5.91 Å². The molecule has 2 aromatic rings. The lowest BCUT2D eigenvalue weighted by Gasteiger charge is -2.38. The summed E-state index contributed by atoms with van der Waals surface area (Å²) in [7, 11) is 0. The summed E-state index contributed by atoms with van der Waals surface area (Å²) in [6.07, 6.45) is 1.93. The Morgan fingerprint density at radius 2 is 1.76 bits per heavy atom. The Kier molecular flexibility index (Phi) is 6.70. The maximum absolute atomic E-state index is 14.2. The van der Waals surface area contributed by atoms with Gasteiger partial charge >= 0.3 is 0 Å². The maximum atomic E-state index is 14.2. The van der Waals surface area contributed by atoms with E-state index >= 15 is 0 Å². The largest absolute Gasteiger partial charge is 0.486 e. The van der Waals surface area contributed by atoms with Gasteiger partial charge in [0.15, 0.2) is 11.5 Å². The summed E-state index contributed by atoms with van der Waals surface area (Å²) in [6, 6.07) is 9.68. The molecule has 0 spiro atoms. The van der Waals surface area contributed by atoms with Crippen molar-refractivity contribution in [2.75, 3.05) is 52.5 Å². The van der Waals surface area contributed by atoms with Crippen LogP contribution in [0.15, 0.2) is 36.4 Å². The summed E-state index contributed by atoms with van der Waals surface area (Å²) >= 11 is 0. The molecule has 5 rings (SSSR count). The fourth-order valence-electron chi connectivity index (χ4n) is 5.31. The Labute approximate surface area is 199 Å². The molecule has 182 valence electrons. The first kappa shape index (κ1) is 23.1. The van der Waals surface area contributed by atoms with E-state index in [1.807, 2.05) is 30.0 Å². The van der Waals surface area contributed by atoms with Gasteiger partial charge in [0.1, 0.15) is 24.8 Å². The van der Waals surface area contributed by atoms with Gasteiger partial charge in [-0.3, -0.25) is 14.6 Å². The second kappa shape index (κ2) is 9.88. The van der Waals surface area contributed by atoms with Crippen LogP contribution >= 0.6 is 0 Å². The van der Waals surface area contributed by atoms with E-state index in [1.165, 1.54) is 12.1 Å². The third-order valence-electron chi connectivity index (χ3n) is 7.25. The first-order valence-corrected chi connectivity index (χ1v) is 12.1. The number of halogens is 2. The molecule has 34 heavy (non-hydrogen) atoms. The van der Waals surface area contributed by atoms with Crippen molar-refractivity contribution in [3.8, 4) is 11.5 Å². The summed E-state index contributed by atoms with van der Waals surface area (Å²) in [5, 5.41) is 0. The third-order valence-corrected chi connectivity index (χ3v) is 7.25. The van der Waals surface area contributed by atoms with Crippen LogP contribution < -0.4 is 9.47 Å². The fourth-order valence-corrected chi connectivity index (χ4v) is 5.31. The molecule has 0 bridgehead atoms. The maximum Gasteiger partial charge on any atom is 0.237 e. The average Bonchev–Trinajstić information content (AvgIpc) is 3.34. The van der Waals surface area contributed by atoms with E-state index in [-0.39, 0.29) is 18.0 Å². The predicted molar refractivity (Wildman–Crippen MR) is 124 cm³/mol. The molecule has 6 nitrogen and oxygen atoms in total. The standard InChI is InChI=1S/C26H31F2N3O3/c1-18(21-6-5-20(27)16-22(21)28)30-11-9-29(10-12-30)17-26(32)31-8-2-3-23(31)19-4-7-24-25(15-19)34-14-13-33-24/h4-7,15-16,18,23H,2-3,8-14,17H2,1H3. The van der Waals surface area contributed by atoms with Crippen LogP contribution in [0.4, 0.5) is 8.78 Å². The van der Waals surface area contributed by atoms with E-state index in [0.717, 1.165) is 68.7 Å². The number of likely N-dealkylation sites (tertiary alicyclic amines) is 1. The Hall–Kier alpha value is -2.71. The molecule has 2 atom stereocenters. The Morgan fingerprint density at radius 1 is 1.00 bits per heavy atom. The quantitative estimate of drug-likeness (QED) is 0.664. The molecule has 0 N–H and O–H groups in total. The fraction of sp³-hybridized carbons (Fsp3) is 0.500. The van der Waals surface area contributed by atoms with Crippen molar-refractivity contribution in [3.05, 3.63) is 59.2 Å². The van der Waals surface area contributed by atoms with Crippen molar-refractivity contribution in [1.29, 1.82) is 0 Å². The molecular formula is C26H31F2N3O3. The van der Waals surface area contributed by atoms with Crippen molar-refractivity contribution < 1.29 is 23.0 Å². The van der Waals surface area contributed by atoms with Gasteiger partial charge in [0.05, 0.1) is 12.6 Å². The molecule has 2 fully saturated rings. The third kappa shape index (κ3) is 4.74. The zero-order valence-corrected chi connectivity index (χ0v) is 19.5. The second-order valence-corrected chi connectivity index (χ2v) is 9.30. The molecule has 0 aromatic heterocycles. The highest BCUT2D eigenvalue weighted by Gasteiger charge is 2.32. The summed E-state index contributed by atoms with van der Waals surface area (Å²) in [5.74, 6) is 0.588. The molecule has 3 heterocycles. The zero-order chi connectivity index (χ0) is 23.7. The van der Waals surface area contributed by atoms with Crippen LogP contribution in [0.25, 0.3) is 0 Å². The van der Waals surface area contributed by atoms with Crippen molar-refractivity contribution in [2.24, 2.45) is 0 Å². The van der Waals surface area contributed by atoms with Gasteiger partial charge < -0.3 is 14.4 Å². The number of hydrogen-bond acceptors (Lipinski definition) is 5. The van der Waals surface area contributed by atoms with E-state index in [1.54, 1.807) is 0 Å². The minimum atomic E-state index is -0.562. The van der Waals surface area contributed by atoms with Gasteiger partial charge in [-0.25, -0.2) is 8.78 Å². The molecule has 3 aliphatic rings. The normalized spacial score (nSPS) is 22.1. The van der Waals surface area contributed by atoms with Crippen LogP contribution in [0.5, 0.6) is 11.5 Å². The predicted octanol–water partition coefficient (Wildman–Crippen LogP) is 3.78. The van der Waals surface area contributed by atoms with Gasteiger partial charge in [-0.1, -0.05) is 12.1 Å². The highest BCUT2D eigenvalue weighted by atomic mass is 19.1. The van der Waals surface area contributed by atoms with Crippen LogP contribution in [-0.4, -0.2) is 73.1 Å². The average molecular weight is 472 g/mol. The van der Waals surface area contributed by atoms with Gasteiger partial charge in [0, 0.05) is 50.4 Å². The number of hydrogen-bond donors (Lipinski definition) is 0. The Bertz CT molecular complexity index is 1040. The zero-order valence-electron chi connectivity index (χ0n) is 19.5. The number of nitrogens with zero attached hydrogens (tertiary/aromatic N) is 3. The highest BCUT2D eigenvalue weighted by Crippen LogP contribution is 2.38. The van der Waals surface area contributed by atoms with E-state index in [2.05, 4.69) is 9.80 Å². The first-order valence-electron chi connectivity index (χ1n) is 12.1. The summed E-state index contributed by atoms with van der Waals surface area (Å²) in [4.78, 5) is 19.6. The molecule has 1 amide bonds. The lowest BCUT2D eigenvalue weighted by molar-refractivity contribution is -0.133. The van der Waals surface area contributed by atoms with Gasteiger partial charge in [-0.2, -0.15) is 0 Å². The van der Waals surface area contributed by atoms with Gasteiger partial charge in [0.25, 0.3) is 0 Å². The lowest BCUT2D eigenvalue weighted by atomic mass is 10.0. The van der Waals surface area contributed by atoms with E-state index < -0.39 is 11.6 Å². The minimum absolute atomic E-state index is 0.0612. The van der Waals surface area contributed by atoms with Gasteiger partial charge in [-0.05, 0) is 43.5 Å². The first-order chi connectivity index (χ1) is 16.5. The molecule has 8 heteroatoms. The number of amides is 1.